The summed E-state index contributed by atoms with van der Waals surface area (Å²) in [5.41, 5.74) is -1.63. The van der Waals surface area contributed by atoms with Crippen molar-refractivity contribution < 1.29 is 23.9 Å². The molecule has 0 spiro atoms. The quantitative estimate of drug-likeness (QED) is 0.497. The van der Waals surface area contributed by atoms with Gasteiger partial charge >= 0.3 is 5.97 Å². The highest BCUT2D eigenvalue weighted by molar-refractivity contribution is 7.09. The van der Waals surface area contributed by atoms with E-state index in [9.17, 15) is 9.90 Å². The third-order valence-corrected chi connectivity index (χ3v) is 9.70. The van der Waals surface area contributed by atoms with E-state index in [2.05, 4.69) is 17.5 Å². The van der Waals surface area contributed by atoms with Crippen LogP contribution in [0.5, 0.6) is 0 Å². The van der Waals surface area contributed by atoms with Crippen LogP contribution in [0.15, 0.2) is 66.1 Å². The Bertz CT molecular complexity index is 983. The first-order valence-corrected chi connectivity index (χ1v) is 13.6. The maximum Gasteiger partial charge on any atom is 0.340 e. The Balaban J connectivity index is 1.18. The third kappa shape index (κ3) is 3.85. The molecule has 2 aliphatic carbocycles. The van der Waals surface area contributed by atoms with Crippen LogP contribution >= 0.6 is 11.3 Å². The van der Waals surface area contributed by atoms with Crippen LogP contribution in [0.2, 0.25) is 0 Å². The highest BCUT2D eigenvalue weighted by Crippen LogP contribution is 2.45. The Kier molecular flexibility index (Phi) is 5.88. The van der Waals surface area contributed by atoms with Crippen LogP contribution in [0.25, 0.3) is 0 Å². The predicted octanol–water partition coefficient (Wildman–Crippen LogP) is 3.82. The molecule has 1 aromatic rings. The molecule has 1 aromatic heterocycles. The largest absolute Gasteiger partial charge is 0.454 e. The summed E-state index contributed by atoms with van der Waals surface area (Å²) in [6.07, 6.45) is 19.0. The first-order chi connectivity index (χ1) is 16.6. The van der Waals surface area contributed by atoms with Gasteiger partial charge < -0.3 is 19.1 Å². The van der Waals surface area contributed by atoms with Crippen LogP contribution in [-0.2, 0) is 20.7 Å². The van der Waals surface area contributed by atoms with Crippen LogP contribution < -0.4 is 0 Å². The molecule has 7 rings (SSSR count). The fourth-order valence-corrected chi connectivity index (χ4v) is 7.60. The minimum atomic E-state index is -1.63. The third-order valence-electron chi connectivity index (χ3n) is 8.76. The van der Waals surface area contributed by atoms with Gasteiger partial charge in [0.25, 0.3) is 0 Å². The van der Waals surface area contributed by atoms with Gasteiger partial charge in [-0.2, -0.15) is 0 Å². The summed E-state index contributed by atoms with van der Waals surface area (Å²) in [4.78, 5) is 15.2. The van der Waals surface area contributed by atoms with Crippen LogP contribution in [0.3, 0.4) is 0 Å². The maximum atomic E-state index is 13.8. The lowest BCUT2D eigenvalue weighted by molar-refractivity contribution is -0.946. The molecule has 6 aliphatic rings. The molecule has 6 heteroatoms. The number of quaternary nitrogens is 1. The molecule has 34 heavy (non-hydrogen) atoms. The minimum absolute atomic E-state index is 0.119. The lowest BCUT2D eigenvalue weighted by Crippen LogP contribution is -2.67. The number of rotatable bonds is 6. The minimum Gasteiger partial charge on any atom is -0.454 e. The predicted molar refractivity (Wildman–Crippen MR) is 132 cm³/mol. The van der Waals surface area contributed by atoms with E-state index in [0.717, 1.165) is 43.3 Å². The van der Waals surface area contributed by atoms with Gasteiger partial charge in [-0.3, -0.25) is 0 Å². The zero-order valence-corrected chi connectivity index (χ0v) is 20.3. The summed E-state index contributed by atoms with van der Waals surface area (Å²) in [6.45, 7) is 4.36. The van der Waals surface area contributed by atoms with E-state index in [-0.39, 0.29) is 18.3 Å². The topological polar surface area (TPSA) is 55.8 Å². The highest BCUT2D eigenvalue weighted by Gasteiger charge is 2.60. The number of piperidine rings is 3. The van der Waals surface area contributed by atoms with Gasteiger partial charge in [-0.05, 0) is 17.9 Å². The number of esters is 1. The van der Waals surface area contributed by atoms with E-state index in [1.165, 1.54) is 18.0 Å². The molecule has 1 N–H and O–H groups in total. The summed E-state index contributed by atoms with van der Waals surface area (Å²) < 4.78 is 13.5. The van der Waals surface area contributed by atoms with Gasteiger partial charge in [-0.15, -0.1) is 11.3 Å². The molecule has 0 aromatic carbocycles. The molecule has 2 bridgehead atoms. The summed E-state index contributed by atoms with van der Waals surface area (Å²) in [6, 6.07) is 4.34. The Morgan fingerprint density at radius 2 is 1.76 bits per heavy atom. The number of fused-ring (bicyclic) bond motifs is 5. The molecule has 4 aliphatic heterocycles. The van der Waals surface area contributed by atoms with Crippen molar-refractivity contribution in [3.05, 3.63) is 71.0 Å². The standard InChI is InChI=1S/C28H34NO4S/c30-27(28(31)22-9-1-3-11-24(22)32-25-12-4-2-10-23(25)28)33-26-19-29(16-13-20(26)14-17-29)15-5-7-21-8-6-18-34-21/h1-4,6,8-12,18,20,22-26,31H,5,7,13-17,19H2/q+1/t20?,22?,23?,24?,25?,26-,28?,29?/m0/s1. The normalized spacial score (nSPS) is 41.8. The van der Waals surface area contributed by atoms with Crippen molar-refractivity contribution in [3.63, 3.8) is 0 Å². The number of carbonyl (C=O) groups is 1. The van der Waals surface area contributed by atoms with E-state index in [0.29, 0.717) is 5.92 Å². The van der Waals surface area contributed by atoms with Crippen molar-refractivity contribution >= 4 is 17.3 Å². The molecular formula is C28H34NO4S+. The molecule has 0 radical (unpaired) electrons. The number of carbonyl (C=O) groups excluding carboxylic acids is 1. The van der Waals surface area contributed by atoms with E-state index >= 15 is 0 Å². The molecular weight excluding hydrogens is 446 g/mol. The number of ether oxygens (including phenoxy) is 2. The fraction of sp³-hybridized carbons (Fsp3) is 0.536. The number of nitrogens with zero attached hydrogens (tertiary/aromatic N) is 1. The second-order valence-electron chi connectivity index (χ2n) is 10.6. The number of hydrogen-bond donors (Lipinski definition) is 1. The molecule has 180 valence electrons. The zero-order valence-electron chi connectivity index (χ0n) is 19.5. The number of aliphatic hydroxyl groups is 1. The molecule has 5 heterocycles. The van der Waals surface area contributed by atoms with Crippen molar-refractivity contribution in [1.29, 1.82) is 0 Å². The summed E-state index contributed by atoms with van der Waals surface area (Å²) >= 11 is 1.83. The van der Waals surface area contributed by atoms with Crippen molar-refractivity contribution in [2.24, 2.45) is 17.8 Å². The lowest BCUT2D eigenvalue weighted by atomic mass is 9.67. The lowest BCUT2D eigenvalue weighted by Gasteiger charge is -2.53. The van der Waals surface area contributed by atoms with Gasteiger partial charge in [0.05, 0.1) is 31.8 Å². The monoisotopic (exact) mass is 480 g/mol. The Morgan fingerprint density at radius 3 is 2.41 bits per heavy atom. The van der Waals surface area contributed by atoms with Crippen molar-refractivity contribution in [2.75, 3.05) is 26.2 Å². The van der Waals surface area contributed by atoms with Crippen molar-refractivity contribution in [1.82, 2.24) is 0 Å². The second-order valence-corrected chi connectivity index (χ2v) is 11.7. The average Bonchev–Trinajstić information content (AvgIpc) is 3.38. The highest BCUT2D eigenvalue weighted by atomic mass is 32.1. The number of allylic oxidation sites excluding steroid dienone is 4. The molecule has 5 nitrogen and oxygen atoms in total. The Labute approximate surface area is 205 Å². The summed E-state index contributed by atoms with van der Waals surface area (Å²) in [7, 11) is 0. The van der Waals surface area contributed by atoms with Gasteiger partial charge in [-0.1, -0.05) is 54.7 Å². The number of thiophene rings is 1. The summed E-state index contributed by atoms with van der Waals surface area (Å²) in [5.74, 6) is -0.967. The van der Waals surface area contributed by atoms with E-state index in [4.69, 9.17) is 9.47 Å². The van der Waals surface area contributed by atoms with E-state index < -0.39 is 23.4 Å². The SMILES string of the molecule is O=C(O[C@H]1C[N+]2(CCCc3cccs3)CCC1CC2)C1(O)C2C=CC=CC2OC2C=CC=CC21. The summed E-state index contributed by atoms with van der Waals surface area (Å²) in [5, 5.41) is 14.2. The molecule has 0 amide bonds. The van der Waals surface area contributed by atoms with Crippen LogP contribution in [0.1, 0.15) is 24.1 Å². The first-order valence-electron chi connectivity index (χ1n) is 12.7. The second kappa shape index (κ2) is 8.90. The van der Waals surface area contributed by atoms with E-state index in [1.54, 1.807) is 0 Å². The number of aryl methyl sites for hydroxylation is 1. The maximum absolute atomic E-state index is 13.8. The van der Waals surface area contributed by atoms with Crippen molar-refractivity contribution in [2.45, 2.75) is 49.6 Å². The van der Waals surface area contributed by atoms with Crippen LogP contribution in [-0.4, -0.2) is 65.7 Å². The van der Waals surface area contributed by atoms with Gasteiger partial charge in [0.1, 0.15) is 6.54 Å². The van der Waals surface area contributed by atoms with Gasteiger partial charge in [0.15, 0.2) is 11.7 Å². The zero-order chi connectivity index (χ0) is 23.2. The Morgan fingerprint density at radius 1 is 1.09 bits per heavy atom. The van der Waals surface area contributed by atoms with Gasteiger partial charge in [-0.25, -0.2) is 4.79 Å². The average molecular weight is 481 g/mol. The fourth-order valence-electron chi connectivity index (χ4n) is 6.85. The van der Waals surface area contributed by atoms with Crippen LogP contribution in [0.4, 0.5) is 0 Å². The molecule has 0 saturated carbocycles. The molecule has 5 atom stereocenters. The van der Waals surface area contributed by atoms with Gasteiger partial charge in [0.2, 0.25) is 0 Å². The number of hydrogen-bond acceptors (Lipinski definition) is 5. The van der Waals surface area contributed by atoms with Gasteiger partial charge in [0, 0.05) is 41.9 Å². The molecule has 4 fully saturated rings. The Hall–Kier alpha value is -1.99. The van der Waals surface area contributed by atoms with E-state index in [1.807, 2.05) is 59.9 Å². The first kappa shape index (κ1) is 22.5. The molecule has 4 saturated heterocycles. The smallest absolute Gasteiger partial charge is 0.340 e. The molecule has 4 unspecified atom stereocenters. The van der Waals surface area contributed by atoms with Crippen LogP contribution in [0, 0.1) is 17.8 Å². The van der Waals surface area contributed by atoms with Crippen molar-refractivity contribution in [3.8, 4) is 0 Å².